The molecule has 4 heterocycles. The zero-order chi connectivity index (χ0) is 14.8. The summed E-state index contributed by atoms with van der Waals surface area (Å²) in [7, 11) is 0. The summed E-state index contributed by atoms with van der Waals surface area (Å²) in [5, 5.41) is 4.23. The Labute approximate surface area is 126 Å². The van der Waals surface area contributed by atoms with Gasteiger partial charge in [0.1, 0.15) is 5.69 Å². The van der Waals surface area contributed by atoms with Crippen LogP contribution in [-0.4, -0.2) is 57.7 Å². The molecule has 0 aromatic carbocycles. The van der Waals surface area contributed by atoms with Crippen LogP contribution in [0.5, 0.6) is 0 Å². The molecular weight excluding hydrogens is 264 g/mol. The van der Waals surface area contributed by atoms with Gasteiger partial charge in [0.05, 0.1) is 0 Å². The molecule has 0 aliphatic carbocycles. The quantitative estimate of drug-likeness (QED) is 0.850. The van der Waals surface area contributed by atoms with E-state index in [-0.39, 0.29) is 5.91 Å². The molecule has 0 N–H and O–H groups in total. The van der Waals surface area contributed by atoms with Crippen molar-refractivity contribution in [2.45, 2.75) is 45.7 Å². The number of aryl methyl sites for hydroxylation is 1. The van der Waals surface area contributed by atoms with Gasteiger partial charge in [-0.2, -0.15) is 5.10 Å². The number of carbonyl (C=O) groups excluding carboxylic acids is 1. The first-order valence-corrected chi connectivity index (χ1v) is 8.28. The van der Waals surface area contributed by atoms with E-state index in [1.165, 1.54) is 19.3 Å². The molecular formula is C16H26N4O. The van der Waals surface area contributed by atoms with Crippen LogP contribution in [0.2, 0.25) is 0 Å². The van der Waals surface area contributed by atoms with Gasteiger partial charge < -0.3 is 4.90 Å². The Balaban J connectivity index is 1.76. The standard InChI is InChI=1S/C16H26N4O/c1-3-9-18-10-13-5-6-14(18)12-19(11-13)16(21)15-7-8-17-20(15)4-2/h7-8,13-14H,3-6,9-12H2,1-2H3/t13-,14-/m0/s1. The average Bonchev–Trinajstić information content (AvgIpc) is 2.79. The van der Waals surface area contributed by atoms with E-state index in [4.69, 9.17) is 0 Å². The second-order valence-electron chi connectivity index (χ2n) is 6.33. The van der Waals surface area contributed by atoms with Gasteiger partial charge in [-0.05, 0) is 44.7 Å². The molecule has 1 aromatic rings. The Morgan fingerprint density at radius 3 is 2.90 bits per heavy atom. The molecule has 21 heavy (non-hydrogen) atoms. The molecule has 5 heteroatoms. The maximum Gasteiger partial charge on any atom is 0.272 e. The third-order valence-electron chi connectivity index (χ3n) is 4.86. The number of aromatic nitrogens is 2. The molecule has 1 aromatic heterocycles. The summed E-state index contributed by atoms with van der Waals surface area (Å²) < 4.78 is 1.80. The molecule has 3 aliphatic rings. The lowest BCUT2D eigenvalue weighted by Gasteiger charge is -2.35. The first-order chi connectivity index (χ1) is 10.2. The second-order valence-corrected chi connectivity index (χ2v) is 6.33. The van der Waals surface area contributed by atoms with Gasteiger partial charge in [0, 0.05) is 38.4 Å². The number of piperidine rings is 1. The van der Waals surface area contributed by atoms with Gasteiger partial charge in [0.2, 0.25) is 0 Å². The zero-order valence-corrected chi connectivity index (χ0v) is 13.2. The van der Waals surface area contributed by atoms with E-state index in [0.29, 0.717) is 12.0 Å². The van der Waals surface area contributed by atoms with Gasteiger partial charge in [0.25, 0.3) is 5.91 Å². The molecule has 0 radical (unpaired) electrons. The smallest absolute Gasteiger partial charge is 0.272 e. The fourth-order valence-electron chi connectivity index (χ4n) is 3.83. The van der Waals surface area contributed by atoms with Gasteiger partial charge in [0.15, 0.2) is 0 Å². The SMILES string of the molecule is CCCN1C[C@@H]2CC[C@H]1CN(C(=O)c1ccnn1CC)C2. The Hall–Kier alpha value is -1.36. The summed E-state index contributed by atoms with van der Waals surface area (Å²) in [6.45, 7) is 9.12. The van der Waals surface area contributed by atoms with Crippen molar-refractivity contribution in [3.05, 3.63) is 18.0 Å². The van der Waals surface area contributed by atoms with Crippen molar-refractivity contribution in [2.24, 2.45) is 5.92 Å². The van der Waals surface area contributed by atoms with Gasteiger partial charge >= 0.3 is 0 Å². The summed E-state index contributed by atoms with van der Waals surface area (Å²) in [6, 6.07) is 2.40. The first kappa shape index (κ1) is 14.6. The molecule has 5 nitrogen and oxygen atoms in total. The molecule has 0 saturated carbocycles. The number of rotatable bonds is 4. The fourth-order valence-corrected chi connectivity index (χ4v) is 3.83. The topological polar surface area (TPSA) is 41.4 Å². The number of hydrogen-bond acceptors (Lipinski definition) is 3. The predicted octanol–water partition coefficient (Wildman–Crippen LogP) is 1.85. The molecule has 4 rings (SSSR count). The maximum absolute atomic E-state index is 12.8. The number of fused-ring (bicyclic) bond motifs is 4. The van der Waals surface area contributed by atoms with Crippen LogP contribution in [0.1, 0.15) is 43.6 Å². The molecule has 2 bridgehead atoms. The molecule has 3 saturated heterocycles. The van der Waals surface area contributed by atoms with Crippen LogP contribution in [0.3, 0.4) is 0 Å². The highest BCUT2D eigenvalue weighted by atomic mass is 16.2. The summed E-state index contributed by atoms with van der Waals surface area (Å²) >= 11 is 0. The van der Waals surface area contributed by atoms with Crippen molar-refractivity contribution in [2.75, 3.05) is 26.2 Å². The van der Waals surface area contributed by atoms with Crippen molar-refractivity contribution >= 4 is 5.91 Å². The first-order valence-electron chi connectivity index (χ1n) is 8.28. The summed E-state index contributed by atoms with van der Waals surface area (Å²) in [5.74, 6) is 0.793. The van der Waals surface area contributed by atoms with Crippen LogP contribution in [0.15, 0.2) is 12.3 Å². The Morgan fingerprint density at radius 1 is 1.29 bits per heavy atom. The maximum atomic E-state index is 12.8. The molecule has 3 aliphatic heterocycles. The van der Waals surface area contributed by atoms with Crippen LogP contribution in [0.4, 0.5) is 0 Å². The minimum atomic E-state index is 0.157. The van der Waals surface area contributed by atoms with E-state index in [2.05, 4.69) is 21.8 Å². The largest absolute Gasteiger partial charge is 0.335 e. The summed E-state index contributed by atoms with van der Waals surface area (Å²) in [4.78, 5) is 17.5. The molecule has 0 unspecified atom stereocenters. The molecule has 0 spiro atoms. The lowest BCUT2D eigenvalue weighted by molar-refractivity contribution is 0.0725. The lowest BCUT2D eigenvalue weighted by Crippen LogP contribution is -2.44. The van der Waals surface area contributed by atoms with Crippen molar-refractivity contribution in [3.8, 4) is 0 Å². The molecule has 1 amide bonds. The second kappa shape index (κ2) is 6.18. The number of hydrogen-bond donors (Lipinski definition) is 0. The van der Waals surface area contributed by atoms with Crippen LogP contribution < -0.4 is 0 Å². The third-order valence-corrected chi connectivity index (χ3v) is 4.86. The van der Waals surface area contributed by atoms with Gasteiger partial charge in [-0.3, -0.25) is 14.4 Å². The lowest BCUT2D eigenvalue weighted by atomic mass is 9.95. The van der Waals surface area contributed by atoms with Gasteiger partial charge in [-0.15, -0.1) is 0 Å². The Morgan fingerprint density at radius 2 is 2.14 bits per heavy atom. The normalized spacial score (nSPS) is 26.1. The number of carbonyl (C=O) groups is 1. The predicted molar refractivity (Wildman–Crippen MR) is 82.2 cm³/mol. The fraction of sp³-hybridized carbons (Fsp3) is 0.750. The zero-order valence-electron chi connectivity index (χ0n) is 13.2. The van der Waals surface area contributed by atoms with Gasteiger partial charge in [-0.1, -0.05) is 6.92 Å². The Kier molecular flexibility index (Phi) is 4.29. The summed E-state index contributed by atoms with van der Waals surface area (Å²) in [5.41, 5.74) is 0.737. The van der Waals surface area contributed by atoms with E-state index in [9.17, 15) is 4.79 Å². The Bertz CT molecular complexity index is 498. The van der Waals surface area contributed by atoms with Crippen molar-refractivity contribution in [1.29, 1.82) is 0 Å². The van der Waals surface area contributed by atoms with Crippen molar-refractivity contribution in [1.82, 2.24) is 19.6 Å². The average molecular weight is 290 g/mol. The van der Waals surface area contributed by atoms with E-state index in [1.54, 1.807) is 10.9 Å². The van der Waals surface area contributed by atoms with Crippen LogP contribution in [-0.2, 0) is 6.54 Å². The minimum absolute atomic E-state index is 0.157. The van der Waals surface area contributed by atoms with Crippen LogP contribution >= 0.6 is 0 Å². The molecule has 116 valence electrons. The van der Waals surface area contributed by atoms with E-state index in [0.717, 1.165) is 38.4 Å². The number of amides is 1. The van der Waals surface area contributed by atoms with E-state index < -0.39 is 0 Å². The molecule has 3 fully saturated rings. The van der Waals surface area contributed by atoms with E-state index in [1.807, 2.05) is 13.0 Å². The highest BCUT2D eigenvalue weighted by Gasteiger charge is 2.36. The minimum Gasteiger partial charge on any atom is -0.335 e. The van der Waals surface area contributed by atoms with Crippen molar-refractivity contribution in [3.63, 3.8) is 0 Å². The highest BCUT2D eigenvalue weighted by Crippen LogP contribution is 2.28. The van der Waals surface area contributed by atoms with Gasteiger partial charge in [-0.25, -0.2) is 0 Å². The molecule has 2 atom stereocenters. The number of nitrogens with zero attached hydrogens (tertiary/aromatic N) is 4. The van der Waals surface area contributed by atoms with Crippen LogP contribution in [0, 0.1) is 5.92 Å². The third kappa shape index (κ3) is 2.84. The highest BCUT2D eigenvalue weighted by molar-refractivity contribution is 5.92. The van der Waals surface area contributed by atoms with Crippen molar-refractivity contribution < 1.29 is 4.79 Å². The van der Waals surface area contributed by atoms with E-state index >= 15 is 0 Å². The van der Waals surface area contributed by atoms with Crippen LogP contribution in [0.25, 0.3) is 0 Å². The summed E-state index contributed by atoms with van der Waals surface area (Å²) in [6.07, 6.45) is 5.43. The monoisotopic (exact) mass is 290 g/mol.